The molecule has 0 N–H and O–H groups in total. The summed E-state index contributed by atoms with van der Waals surface area (Å²) in [4.78, 5) is 20.1. The van der Waals surface area contributed by atoms with E-state index in [-0.39, 0.29) is 16.7 Å². The van der Waals surface area contributed by atoms with Crippen LogP contribution in [0, 0.1) is 0 Å². The van der Waals surface area contributed by atoms with Crippen LogP contribution in [-0.2, 0) is 6.18 Å². The minimum absolute atomic E-state index is 0.0791. The molecule has 0 fully saturated rings. The van der Waals surface area contributed by atoms with E-state index in [1.165, 1.54) is 37.2 Å². The molecular weight excluding hydrogens is 379 g/mol. The number of fused-ring (bicyclic) bond motifs is 3. The molecule has 0 bridgehead atoms. The number of ether oxygens (including phenoxy) is 2. The van der Waals surface area contributed by atoms with Crippen LogP contribution in [0.5, 0.6) is 11.5 Å². The first-order valence-electron chi connectivity index (χ1n) is 7.89. The average Bonchev–Trinajstić information content (AvgIpc) is 3.13. The third-order valence-electron chi connectivity index (χ3n) is 4.10. The van der Waals surface area contributed by atoms with Crippen LogP contribution in [0.25, 0.3) is 22.4 Å². The second-order valence-electron chi connectivity index (χ2n) is 5.76. The molecule has 0 aliphatic rings. The van der Waals surface area contributed by atoms with Crippen LogP contribution in [0.15, 0.2) is 41.5 Å². The Morgan fingerprint density at radius 1 is 1.07 bits per heavy atom. The zero-order valence-corrected chi connectivity index (χ0v) is 14.6. The van der Waals surface area contributed by atoms with Gasteiger partial charge in [0.15, 0.2) is 0 Å². The molecule has 0 aliphatic heterocycles. The molecule has 0 saturated carbocycles. The van der Waals surface area contributed by atoms with E-state index in [0.717, 1.165) is 4.52 Å². The Morgan fingerprint density at radius 3 is 2.36 bits per heavy atom. The largest absolute Gasteiger partial charge is 0.497 e. The summed E-state index contributed by atoms with van der Waals surface area (Å²) in [5, 5.41) is 3.52. The Labute approximate surface area is 154 Å². The molecule has 3 heterocycles. The molecule has 8 nitrogen and oxygen atoms in total. The normalized spacial score (nSPS) is 11.9. The van der Waals surface area contributed by atoms with E-state index in [1.807, 2.05) is 0 Å². The molecule has 4 rings (SSSR count). The lowest BCUT2D eigenvalue weighted by Gasteiger charge is -2.11. The molecule has 1 aromatic carbocycles. The van der Waals surface area contributed by atoms with Crippen LogP contribution in [0.4, 0.5) is 13.2 Å². The van der Waals surface area contributed by atoms with Crippen molar-refractivity contribution in [3.8, 4) is 17.2 Å². The maximum atomic E-state index is 12.9. The lowest BCUT2D eigenvalue weighted by Crippen LogP contribution is -2.19. The van der Waals surface area contributed by atoms with Crippen LogP contribution < -0.4 is 15.0 Å². The summed E-state index contributed by atoms with van der Waals surface area (Å²) in [7, 11) is 2.96. The lowest BCUT2D eigenvalue weighted by atomic mass is 10.2. The topological polar surface area (TPSA) is 83.5 Å². The number of alkyl halides is 3. The highest BCUT2D eigenvalue weighted by molar-refractivity contribution is 5.79. The van der Waals surface area contributed by atoms with E-state index in [4.69, 9.17) is 9.47 Å². The fourth-order valence-electron chi connectivity index (χ4n) is 2.77. The van der Waals surface area contributed by atoms with Gasteiger partial charge >= 0.3 is 6.18 Å². The molecule has 0 saturated heterocycles. The highest BCUT2D eigenvalue weighted by Gasteiger charge is 2.36. The van der Waals surface area contributed by atoms with Gasteiger partial charge in [0.1, 0.15) is 11.5 Å². The second-order valence-corrected chi connectivity index (χ2v) is 5.76. The first-order valence-corrected chi connectivity index (χ1v) is 7.89. The van der Waals surface area contributed by atoms with Gasteiger partial charge in [-0.1, -0.05) is 0 Å². The van der Waals surface area contributed by atoms with Gasteiger partial charge in [0.05, 0.1) is 30.8 Å². The molecule has 0 radical (unpaired) electrons. The van der Waals surface area contributed by atoms with E-state index < -0.39 is 17.6 Å². The average molecular weight is 391 g/mol. The number of hydrogen-bond acceptors (Lipinski definition) is 6. The second kappa shape index (κ2) is 6.22. The summed E-state index contributed by atoms with van der Waals surface area (Å²) >= 11 is 0. The summed E-state index contributed by atoms with van der Waals surface area (Å²) < 4.78 is 51.2. The number of halogens is 3. The predicted octanol–water partition coefficient (Wildman–Crippen LogP) is 2.46. The minimum atomic E-state index is -4.72. The molecule has 0 atom stereocenters. The van der Waals surface area contributed by atoms with Crippen LogP contribution >= 0.6 is 0 Å². The summed E-state index contributed by atoms with van der Waals surface area (Å²) in [6, 6.07) is 6.36. The van der Waals surface area contributed by atoms with Crippen molar-refractivity contribution < 1.29 is 22.6 Å². The molecule has 4 aromatic rings. The molecule has 144 valence electrons. The van der Waals surface area contributed by atoms with Crippen LogP contribution in [0.1, 0.15) is 5.82 Å². The lowest BCUT2D eigenvalue weighted by molar-refractivity contribution is -0.144. The number of pyridine rings is 1. The third kappa shape index (κ3) is 2.80. The molecule has 0 spiro atoms. The standard InChI is InChI=1S/C17H12F3N5O3/c1-27-10-5-9(6-11(7-10)28-2)24-4-3-13-12(14(24)26)8-21-16-22-15(17(18,19)20)23-25(13)16/h3-8H,1-2H3. The maximum Gasteiger partial charge on any atom is 0.453 e. The molecule has 0 aliphatic carbocycles. The van der Waals surface area contributed by atoms with Gasteiger partial charge in [-0.3, -0.25) is 9.36 Å². The summed E-state index contributed by atoms with van der Waals surface area (Å²) in [5.41, 5.74) is 0.119. The first kappa shape index (κ1) is 17.8. The Kier molecular flexibility index (Phi) is 3.95. The zero-order chi connectivity index (χ0) is 20.1. The van der Waals surface area contributed by atoms with Crippen LogP contribution in [0.3, 0.4) is 0 Å². The van der Waals surface area contributed by atoms with Crippen molar-refractivity contribution in [3.63, 3.8) is 0 Å². The molecule has 3 aromatic heterocycles. The van der Waals surface area contributed by atoms with Crippen LogP contribution in [0.2, 0.25) is 0 Å². The number of benzene rings is 1. The highest BCUT2D eigenvalue weighted by atomic mass is 19.4. The van der Waals surface area contributed by atoms with Crippen molar-refractivity contribution in [3.05, 3.63) is 52.8 Å². The van der Waals surface area contributed by atoms with Gasteiger partial charge in [-0.2, -0.15) is 22.7 Å². The van der Waals surface area contributed by atoms with Crippen molar-refractivity contribution in [1.29, 1.82) is 0 Å². The van der Waals surface area contributed by atoms with Crippen molar-refractivity contribution >= 4 is 16.7 Å². The van der Waals surface area contributed by atoms with E-state index in [2.05, 4.69) is 15.1 Å². The number of rotatable bonds is 3. The van der Waals surface area contributed by atoms with Gasteiger partial charge in [0.25, 0.3) is 17.2 Å². The number of nitrogens with zero attached hydrogens (tertiary/aromatic N) is 5. The maximum absolute atomic E-state index is 12.9. The quantitative estimate of drug-likeness (QED) is 0.534. The summed E-state index contributed by atoms with van der Waals surface area (Å²) in [5.74, 6) is -0.628. The number of aromatic nitrogens is 5. The fourth-order valence-corrected chi connectivity index (χ4v) is 2.77. The Hall–Kier alpha value is -3.63. The van der Waals surface area contributed by atoms with Crippen molar-refractivity contribution in [1.82, 2.24) is 24.1 Å². The smallest absolute Gasteiger partial charge is 0.453 e. The van der Waals surface area contributed by atoms with Gasteiger partial charge in [-0.25, -0.2) is 4.98 Å². The Morgan fingerprint density at radius 2 is 1.75 bits per heavy atom. The summed E-state index contributed by atoms with van der Waals surface area (Å²) in [6.45, 7) is 0. The van der Waals surface area contributed by atoms with E-state index in [1.54, 1.807) is 18.2 Å². The molecule has 0 amide bonds. The van der Waals surface area contributed by atoms with Crippen molar-refractivity contribution in [2.24, 2.45) is 0 Å². The predicted molar refractivity (Wildman–Crippen MR) is 92.0 cm³/mol. The fraction of sp³-hybridized carbons (Fsp3) is 0.176. The van der Waals surface area contributed by atoms with Crippen molar-refractivity contribution in [2.75, 3.05) is 14.2 Å². The van der Waals surface area contributed by atoms with E-state index >= 15 is 0 Å². The minimum Gasteiger partial charge on any atom is -0.497 e. The van der Waals surface area contributed by atoms with Gasteiger partial charge in [0, 0.05) is 30.6 Å². The summed E-state index contributed by atoms with van der Waals surface area (Å²) in [6.07, 6.45) is -2.12. The zero-order valence-electron chi connectivity index (χ0n) is 14.6. The molecular formula is C17H12F3N5O3. The molecule has 11 heteroatoms. The van der Waals surface area contributed by atoms with E-state index in [9.17, 15) is 18.0 Å². The van der Waals surface area contributed by atoms with Gasteiger partial charge in [-0.15, -0.1) is 5.10 Å². The van der Waals surface area contributed by atoms with Crippen molar-refractivity contribution in [2.45, 2.75) is 6.18 Å². The van der Waals surface area contributed by atoms with Crippen LogP contribution in [-0.4, -0.2) is 38.4 Å². The Balaban J connectivity index is 1.95. The third-order valence-corrected chi connectivity index (χ3v) is 4.10. The van der Waals surface area contributed by atoms with Gasteiger partial charge in [0.2, 0.25) is 0 Å². The molecule has 0 unspecified atom stereocenters. The highest BCUT2D eigenvalue weighted by Crippen LogP contribution is 2.27. The van der Waals surface area contributed by atoms with Gasteiger partial charge < -0.3 is 9.47 Å². The SMILES string of the molecule is COc1cc(OC)cc(-n2ccc3c(cnc4nc(C(F)(F)F)nn43)c2=O)c1. The van der Waals surface area contributed by atoms with E-state index in [0.29, 0.717) is 17.2 Å². The number of methoxy groups -OCH3 is 2. The molecule has 28 heavy (non-hydrogen) atoms. The Bertz CT molecular complexity index is 1240. The number of hydrogen-bond donors (Lipinski definition) is 0. The monoisotopic (exact) mass is 391 g/mol. The van der Waals surface area contributed by atoms with Gasteiger partial charge in [-0.05, 0) is 6.07 Å². The first-order chi connectivity index (χ1) is 13.3.